The second kappa shape index (κ2) is 4.59. The average Bonchev–Trinajstić information content (AvgIpc) is 2.93. The predicted molar refractivity (Wildman–Crippen MR) is 70.2 cm³/mol. The third-order valence-corrected chi connectivity index (χ3v) is 3.50. The van der Waals surface area contributed by atoms with Crippen molar-refractivity contribution >= 4 is 33.2 Å². The minimum absolute atomic E-state index is 0.193. The lowest BCUT2D eigenvalue weighted by Gasteiger charge is -2.04. The molecule has 3 aromatic heterocycles. The molecule has 0 amide bonds. The highest BCUT2D eigenvalue weighted by Gasteiger charge is 2.11. The lowest BCUT2D eigenvalue weighted by molar-refractivity contribution is 0.264. The van der Waals surface area contributed by atoms with Crippen molar-refractivity contribution in [1.29, 1.82) is 0 Å². The van der Waals surface area contributed by atoms with E-state index in [0.29, 0.717) is 12.5 Å². The lowest BCUT2D eigenvalue weighted by atomic mass is 10.3. The molecule has 4 nitrogen and oxygen atoms in total. The van der Waals surface area contributed by atoms with E-state index < -0.39 is 0 Å². The largest absolute Gasteiger partial charge is 0.469 e. The Morgan fingerprint density at radius 3 is 3.11 bits per heavy atom. The summed E-state index contributed by atoms with van der Waals surface area (Å²) in [5, 5.41) is 1.08. The van der Waals surface area contributed by atoms with Gasteiger partial charge in [0.1, 0.15) is 17.2 Å². The zero-order valence-electron chi connectivity index (χ0n) is 9.51. The van der Waals surface area contributed by atoms with Crippen molar-refractivity contribution in [3.63, 3.8) is 0 Å². The maximum atomic E-state index is 5.87. The molecule has 0 aromatic carbocycles. The fraction of sp³-hybridized carbons (Fsp3) is 0.167. The van der Waals surface area contributed by atoms with Crippen LogP contribution in [0.5, 0.6) is 5.88 Å². The Labute approximate surface area is 112 Å². The summed E-state index contributed by atoms with van der Waals surface area (Å²) in [6.07, 6.45) is 1.61. The highest BCUT2D eigenvalue weighted by Crippen LogP contribution is 2.31. The van der Waals surface area contributed by atoms with Crippen LogP contribution < -0.4 is 4.74 Å². The number of aryl methyl sites for hydroxylation is 1. The quantitative estimate of drug-likeness (QED) is 0.684. The van der Waals surface area contributed by atoms with Crippen LogP contribution in [0.2, 0.25) is 5.28 Å². The van der Waals surface area contributed by atoms with Gasteiger partial charge in [-0.25, -0.2) is 4.98 Å². The minimum Gasteiger partial charge on any atom is -0.469 e. The zero-order valence-corrected chi connectivity index (χ0v) is 11.1. The monoisotopic (exact) mass is 280 g/mol. The zero-order chi connectivity index (χ0) is 12.5. The van der Waals surface area contributed by atoms with Gasteiger partial charge in [0.2, 0.25) is 11.2 Å². The second-order valence-electron chi connectivity index (χ2n) is 3.74. The van der Waals surface area contributed by atoms with E-state index in [1.165, 1.54) is 0 Å². The summed E-state index contributed by atoms with van der Waals surface area (Å²) >= 11 is 7.44. The van der Waals surface area contributed by atoms with Crippen molar-refractivity contribution in [2.75, 3.05) is 0 Å². The molecular weight excluding hydrogens is 272 g/mol. The third kappa shape index (κ3) is 2.19. The first-order chi connectivity index (χ1) is 8.72. The number of aromatic nitrogens is 2. The van der Waals surface area contributed by atoms with E-state index in [1.54, 1.807) is 17.6 Å². The van der Waals surface area contributed by atoms with E-state index in [2.05, 4.69) is 9.97 Å². The first-order valence-electron chi connectivity index (χ1n) is 5.31. The number of fused-ring (bicyclic) bond motifs is 1. The van der Waals surface area contributed by atoms with Gasteiger partial charge >= 0.3 is 0 Å². The van der Waals surface area contributed by atoms with Crippen LogP contribution >= 0.6 is 22.9 Å². The van der Waals surface area contributed by atoms with Crippen molar-refractivity contribution in [1.82, 2.24) is 9.97 Å². The van der Waals surface area contributed by atoms with Crippen molar-refractivity contribution in [3.05, 3.63) is 40.4 Å². The molecule has 3 rings (SSSR count). The van der Waals surface area contributed by atoms with Crippen molar-refractivity contribution < 1.29 is 9.15 Å². The van der Waals surface area contributed by atoms with Gasteiger partial charge in [-0.05, 0) is 36.7 Å². The molecule has 18 heavy (non-hydrogen) atoms. The van der Waals surface area contributed by atoms with Gasteiger partial charge in [-0.15, -0.1) is 11.3 Å². The van der Waals surface area contributed by atoms with Gasteiger partial charge in [0.25, 0.3) is 0 Å². The molecule has 6 heteroatoms. The standard InChI is InChI=1S/C12H9ClN2O2S/c1-7-5-9-10(14-12(13)15-11(9)18-7)17-6-8-3-2-4-16-8/h2-5H,6H2,1H3. The number of rotatable bonds is 3. The Balaban J connectivity index is 1.95. The Morgan fingerprint density at radius 1 is 1.44 bits per heavy atom. The summed E-state index contributed by atoms with van der Waals surface area (Å²) in [6.45, 7) is 2.33. The molecule has 3 heterocycles. The number of thiophene rings is 1. The Kier molecular flexibility index (Phi) is 2.93. The van der Waals surface area contributed by atoms with Gasteiger partial charge in [0, 0.05) is 4.88 Å². The van der Waals surface area contributed by atoms with Crippen LogP contribution in [-0.2, 0) is 6.61 Å². The van der Waals surface area contributed by atoms with E-state index in [1.807, 2.05) is 25.1 Å². The molecule has 0 fully saturated rings. The highest BCUT2D eigenvalue weighted by molar-refractivity contribution is 7.18. The summed E-state index contributed by atoms with van der Waals surface area (Å²) < 4.78 is 10.8. The van der Waals surface area contributed by atoms with Crippen LogP contribution in [0.15, 0.2) is 28.9 Å². The van der Waals surface area contributed by atoms with Gasteiger partial charge in [0.05, 0.1) is 11.6 Å². The predicted octanol–water partition coefficient (Wildman–Crippen LogP) is 3.83. The molecule has 0 radical (unpaired) electrons. The van der Waals surface area contributed by atoms with Gasteiger partial charge in [-0.1, -0.05) is 0 Å². The first-order valence-corrected chi connectivity index (χ1v) is 6.50. The Bertz CT molecular complexity index is 679. The maximum absolute atomic E-state index is 5.87. The highest BCUT2D eigenvalue weighted by atomic mass is 35.5. The van der Waals surface area contributed by atoms with Gasteiger partial charge in [-0.2, -0.15) is 4.98 Å². The molecule has 0 N–H and O–H groups in total. The SMILES string of the molecule is Cc1cc2c(OCc3ccco3)nc(Cl)nc2s1. The fourth-order valence-electron chi connectivity index (χ4n) is 1.64. The Morgan fingerprint density at radius 2 is 2.33 bits per heavy atom. The molecule has 0 spiro atoms. The maximum Gasteiger partial charge on any atom is 0.227 e. The Hall–Kier alpha value is -1.59. The number of nitrogens with zero attached hydrogens (tertiary/aromatic N) is 2. The van der Waals surface area contributed by atoms with E-state index in [9.17, 15) is 0 Å². The van der Waals surface area contributed by atoms with Crippen LogP contribution in [0.25, 0.3) is 10.2 Å². The van der Waals surface area contributed by atoms with Crippen LogP contribution in [0.4, 0.5) is 0 Å². The van der Waals surface area contributed by atoms with Crippen LogP contribution in [-0.4, -0.2) is 9.97 Å². The fourth-order valence-corrected chi connectivity index (χ4v) is 2.72. The number of ether oxygens (including phenoxy) is 1. The average molecular weight is 281 g/mol. The molecule has 0 unspecified atom stereocenters. The first kappa shape index (κ1) is 11.5. The van der Waals surface area contributed by atoms with Crippen molar-refractivity contribution in [2.24, 2.45) is 0 Å². The summed E-state index contributed by atoms with van der Waals surface area (Å²) in [5.74, 6) is 1.23. The van der Waals surface area contributed by atoms with Crippen LogP contribution in [0.3, 0.4) is 0 Å². The van der Waals surface area contributed by atoms with E-state index in [0.717, 1.165) is 20.9 Å². The number of furan rings is 1. The molecular formula is C12H9ClN2O2S. The van der Waals surface area contributed by atoms with Gasteiger partial charge in [-0.3, -0.25) is 0 Å². The second-order valence-corrected chi connectivity index (χ2v) is 5.31. The summed E-state index contributed by atoms with van der Waals surface area (Å²) in [7, 11) is 0. The molecule has 0 saturated heterocycles. The van der Waals surface area contributed by atoms with Crippen molar-refractivity contribution in [2.45, 2.75) is 13.5 Å². The van der Waals surface area contributed by atoms with E-state index >= 15 is 0 Å². The number of hydrogen-bond donors (Lipinski definition) is 0. The third-order valence-electron chi connectivity index (χ3n) is 2.38. The topological polar surface area (TPSA) is 48.2 Å². The summed E-state index contributed by atoms with van der Waals surface area (Å²) in [6, 6.07) is 5.66. The van der Waals surface area contributed by atoms with E-state index in [4.69, 9.17) is 20.8 Å². The molecule has 0 aliphatic heterocycles. The smallest absolute Gasteiger partial charge is 0.227 e. The molecule has 0 aliphatic carbocycles. The number of hydrogen-bond acceptors (Lipinski definition) is 5. The molecule has 0 atom stereocenters. The number of halogens is 1. The van der Waals surface area contributed by atoms with Crippen LogP contribution in [0, 0.1) is 6.92 Å². The van der Waals surface area contributed by atoms with Gasteiger partial charge < -0.3 is 9.15 Å². The lowest BCUT2D eigenvalue weighted by Crippen LogP contribution is -1.97. The molecule has 3 aromatic rings. The molecule has 0 saturated carbocycles. The molecule has 92 valence electrons. The van der Waals surface area contributed by atoms with Crippen LogP contribution in [0.1, 0.15) is 10.6 Å². The van der Waals surface area contributed by atoms with Gasteiger partial charge in [0.15, 0.2) is 0 Å². The van der Waals surface area contributed by atoms with Crippen molar-refractivity contribution in [3.8, 4) is 5.88 Å². The molecule has 0 bridgehead atoms. The molecule has 0 aliphatic rings. The summed E-state index contributed by atoms with van der Waals surface area (Å²) in [5.41, 5.74) is 0. The minimum atomic E-state index is 0.193. The summed E-state index contributed by atoms with van der Waals surface area (Å²) in [4.78, 5) is 10.3. The van der Waals surface area contributed by atoms with E-state index in [-0.39, 0.29) is 5.28 Å². The normalized spacial score (nSPS) is 11.0.